The van der Waals surface area contributed by atoms with Crippen LogP contribution in [0.5, 0.6) is 5.75 Å². The van der Waals surface area contributed by atoms with Crippen molar-refractivity contribution in [2.75, 3.05) is 0 Å². The number of ether oxygens (including phenoxy) is 1. The highest BCUT2D eigenvalue weighted by Crippen LogP contribution is 2.14. The van der Waals surface area contributed by atoms with E-state index in [0.717, 1.165) is 18.6 Å². The maximum Gasteiger partial charge on any atom is 0.251 e. The number of carbonyl (C=O) groups excluding carboxylic acids is 1. The number of carbonyl (C=O) groups is 1. The van der Waals surface area contributed by atoms with Crippen molar-refractivity contribution in [3.8, 4) is 5.75 Å². The summed E-state index contributed by atoms with van der Waals surface area (Å²) in [6.07, 6.45) is 2.22. The molecule has 0 aliphatic rings. The molecule has 1 atom stereocenters. The zero-order valence-electron chi connectivity index (χ0n) is 11.7. The normalized spacial score (nSPS) is 12.3. The van der Waals surface area contributed by atoms with Crippen molar-refractivity contribution >= 4 is 5.91 Å². The van der Waals surface area contributed by atoms with E-state index in [2.05, 4.69) is 12.2 Å². The largest absolute Gasteiger partial charge is 0.491 e. The van der Waals surface area contributed by atoms with Gasteiger partial charge in [0.2, 0.25) is 0 Å². The molecule has 0 saturated heterocycles. The Morgan fingerprint density at radius 2 is 1.83 bits per heavy atom. The Balaban J connectivity index is 2.59. The predicted molar refractivity (Wildman–Crippen MR) is 74.0 cm³/mol. The molecule has 1 rings (SSSR count). The van der Waals surface area contributed by atoms with E-state index in [0.29, 0.717) is 5.56 Å². The minimum absolute atomic E-state index is 0.0213. The van der Waals surface area contributed by atoms with Crippen LogP contribution in [0.25, 0.3) is 0 Å². The van der Waals surface area contributed by atoms with Gasteiger partial charge in [0, 0.05) is 11.6 Å². The average Bonchev–Trinajstić information content (AvgIpc) is 2.29. The molecule has 0 bridgehead atoms. The summed E-state index contributed by atoms with van der Waals surface area (Å²) in [7, 11) is 0. The van der Waals surface area contributed by atoms with Gasteiger partial charge in [-0.2, -0.15) is 0 Å². The molecule has 0 aliphatic carbocycles. The van der Waals surface area contributed by atoms with Crippen LogP contribution in [-0.2, 0) is 0 Å². The summed E-state index contributed by atoms with van der Waals surface area (Å²) < 4.78 is 5.54. The fourth-order valence-electron chi connectivity index (χ4n) is 1.77. The molecule has 0 aliphatic heterocycles. The Labute approximate surface area is 110 Å². The molecule has 1 N–H and O–H groups in total. The number of hydrogen-bond donors (Lipinski definition) is 1. The third-order valence-electron chi connectivity index (χ3n) is 2.59. The van der Waals surface area contributed by atoms with Crippen molar-refractivity contribution in [2.45, 2.75) is 52.7 Å². The first-order valence-electron chi connectivity index (χ1n) is 6.60. The molecule has 0 aromatic heterocycles. The Bertz CT molecular complexity index is 371. The highest BCUT2D eigenvalue weighted by atomic mass is 16.5. The number of nitrogens with one attached hydrogen (secondary N) is 1. The van der Waals surface area contributed by atoms with E-state index in [-0.39, 0.29) is 18.1 Å². The Hall–Kier alpha value is -1.51. The molecular weight excluding hydrogens is 226 g/mol. The van der Waals surface area contributed by atoms with Crippen molar-refractivity contribution in [1.29, 1.82) is 0 Å². The van der Waals surface area contributed by atoms with Gasteiger partial charge in [-0.3, -0.25) is 4.79 Å². The Morgan fingerprint density at radius 3 is 2.33 bits per heavy atom. The van der Waals surface area contributed by atoms with Crippen LogP contribution < -0.4 is 10.1 Å². The summed E-state index contributed by atoms with van der Waals surface area (Å²) in [4.78, 5) is 11.9. The molecule has 1 amide bonds. The number of amides is 1. The van der Waals surface area contributed by atoms with Gasteiger partial charge in [-0.05, 0) is 51.5 Å². The van der Waals surface area contributed by atoms with E-state index in [4.69, 9.17) is 4.74 Å². The van der Waals surface area contributed by atoms with E-state index in [9.17, 15) is 4.79 Å². The van der Waals surface area contributed by atoms with Crippen LogP contribution in [0.1, 0.15) is 50.9 Å². The Kier molecular flexibility index (Phi) is 5.69. The molecule has 0 fully saturated rings. The molecule has 100 valence electrons. The summed E-state index contributed by atoms with van der Waals surface area (Å²) in [5.74, 6) is 0.773. The highest BCUT2D eigenvalue weighted by Gasteiger charge is 2.09. The maximum atomic E-state index is 11.9. The second-order valence-electron chi connectivity index (χ2n) is 4.85. The molecule has 0 saturated carbocycles. The van der Waals surface area contributed by atoms with E-state index in [1.807, 2.05) is 32.9 Å². The molecule has 0 spiro atoms. The van der Waals surface area contributed by atoms with Crippen molar-refractivity contribution in [3.05, 3.63) is 29.8 Å². The number of hydrogen-bond acceptors (Lipinski definition) is 2. The molecule has 18 heavy (non-hydrogen) atoms. The summed E-state index contributed by atoms with van der Waals surface area (Å²) in [6, 6.07) is 7.48. The second kappa shape index (κ2) is 7.04. The minimum Gasteiger partial charge on any atom is -0.491 e. The third-order valence-corrected chi connectivity index (χ3v) is 2.59. The fourth-order valence-corrected chi connectivity index (χ4v) is 1.77. The predicted octanol–water partition coefficient (Wildman–Crippen LogP) is 3.39. The monoisotopic (exact) mass is 249 g/mol. The van der Waals surface area contributed by atoms with Gasteiger partial charge >= 0.3 is 0 Å². The van der Waals surface area contributed by atoms with Crippen LogP contribution in [0, 0.1) is 0 Å². The highest BCUT2D eigenvalue weighted by molar-refractivity contribution is 5.94. The van der Waals surface area contributed by atoms with E-state index in [1.165, 1.54) is 0 Å². The molecule has 0 radical (unpaired) electrons. The lowest BCUT2D eigenvalue weighted by molar-refractivity contribution is 0.0938. The maximum absolute atomic E-state index is 11.9. The van der Waals surface area contributed by atoms with Crippen molar-refractivity contribution in [3.63, 3.8) is 0 Å². The minimum atomic E-state index is -0.0213. The van der Waals surface area contributed by atoms with Gasteiger partial charge in [-0.1, -0.05) is 13.3 Å². The summed E-state index contributed by atoms with van der Waals surface area (Å²) in [6.45, 7) is 8.10. The van der Waals surface area contributed by atoms with Crippen molar-refractivity contribution in [1.82, 2.24) is 5.32 Å². The summed E-state index contributed by atoms with van der Waals surface area (Å²) >= 11 is 0. The van der Waals surface area contributed by atoms with Crippen LogP contribution >= 0.6 is 0 Å². The summed E-state index contributed by atoms with van der Waals surface area (Å²) in [5.41, 5.74) is 0.675. The fraction of sp³-hybridized carbons (Fsp3) is 0.533. The van der Waals surface area contributed by atoms with Gasteiger partial charge in [0.25, 0.3) is 5.91 Å². The SMILES string of the molecule is CCC[C@@H](C)NC(=O)c1ccc(OC(C)C)cc1. The summed E-state index contributed by atoms with van der Waals surface area (Å²) in [5, 5.41) is 2.98. The standard InChI is InChI=1S/C15H23NO2/c1-5-6-12(4)16-15(17)13-7-9-14(10-8-13)18-11(2)3/h7-12H,5-6H2,1-4H3,(H,16,17)/t12-/m1/s1. The lowest BCUT2D eigenvalue weighted by atomic mass is 10.1. The van der Waals surface area contributed by atoms with Crippen molar-refractivity contribution < 1.29 is 9.53 Å². The topological polar surface area (TPSA) is 38.3 Å². The average molecular weight is 249 g/mol. The van der Waals surface area contributed by atoms with Crippen LogP contribution in [-0.4, -0.2) is 18.1 Å². The smallest absolute Gasteiger partial charge is 0.251 e. The zero-order valence-corrected chi connectivity index (χ0v) is 11.7. The van der Waals surface area contributed by atoms with Gasteiger partial charge in [-0.25, -0.2) is 0 Å². The molecule has 1 aromatic rings. The van der Waals surface area contributed by atoms with Crippen LogP contribution in [0.15, 0.2) is 24.3 Å². The quantitative estimate of drug-likeness (QED) is 0.839. The van der Waals surface area contributed by atoms with Gasteiger partial charge in [0.05, 0.1) is 6.10 Å². The van der Waals surface area contributed by atoms with E-state index < -0.39 is 0 Å². The first kappa shape index (κ1) is 14.6. The Morgan fingerprint density at radius 1 is 1.22 bits per heavy atom. The zero-order chi connectivity index (χ0) is 13.5. The van der Waals surface area contributed by atoms with Gasteiger partial charge < -0.3 is 10.1 Å². The molecule has 3 heteroatoms. The first-order chi connectivity index (χ1) is 8.52. The van der Waals surface area contributed by atoms with Crippen LogP contribution in [0.4, 0.5) is 0 Å². The van der Waals surface area contributed by atoms with Crippen molar-refractivity contribution in [2.24, 2.45) is 0 Å². The first-order valence-corrected chi connectivity index (χ1v) is 6.60. The lowest BCUT2D eigenvalue weighted by Gasteiger charge is -2.13. The number of benzene rings is 1. The van der Waals surface area contributed by atoms with E-state index >= 15 is 0 Å². The third kappa shape index (κ3) is 4.78. The lowest BCUT2D eigenvalue weighted by Crippen LogP contribution is -2.32. The molecule has 0 unspecified atom stereocenters. The molecule has 1 aromatic carbocycles. The molecule has 3 nitrogen and oxygen atoms in total. The van der Waals surface area contributed by atoms with Crippen LogP contribution in [0.2, 0.25) is 0 Å². The van der Waals surface area contributed by atoms with Gasteiger partial charge in [-0.15, -0.1) is 0 Å². The molecule has 0 heterocycles. The number of rotatable bonds is 6. The van der Waals surface area contributed by atoms with Gasteiger partial charge in [0.1, 0.15) is 5.75 Å². The van der Waals surface area contributed by atoms with Crippen LogP contribution in [0.3, 0.4) is 0 Å². The second-order valence-corrected chi connectivity index (χ2v) is 4.85. The van der Waals surface area contributed by atoms with E-state index in [1.54, 1.807) is 12.1 Å². The molecular formula is C15H23NO2. The van der Waals surface area contributed by atoms with Gasteiger partial charge in [0.15, 0.2) is 0 Å².